The van der Waals surface area contributed by atoms with Gasteiger partial charge in [-0.2, -0.15) is 0 Å². The van der Waals surface area contributed by atoms with Crippen molar-refractivity contribution < 1.29 is 5.11 Å². The molecule has 164 valence electrons. The third-order valence-electron chi connectivity index (χ3n) is 9.18. The summed E-state index contributed by atoms with van der Waals surface area (Å²) in [7, 11) is 0. The Kier molecular flexibility index (Phi) is 6.73. The molecule has 0 bridgehead atoms. The first-order valence-corrected chi connectivity index (χ1v) is 12.1. The minimum Gasteiger partial charge on any atom is -0.390 e. The SMILES string of the molecule is Cc1cccc(N[C@H]2CC[C@]3(C)[C@@H]([C@H](C)CCCC(C)C)CC[C@@]3(C)[C@H]2O)c1C. The molecule has 0 radical (unpaired) electrons. The van der Waals surface area contributed by atoms with Crippen molar-refractivity contribution in [2.45, 2.75) is 106 Å². The van der Waals surface area contributed by atoms with E-state index >= 15 is 0 Å². The topological polar surface area (TPSA) is 32.3 Å². The number of aliphatic hydroxyl groups is 1. The van der Waals surface area contributed by atoms with Gasteiger partial charge < -0.3 is 10.4 Å². The van der Waals surface area contributed by atoms with Crippen molar-refractivity contribution in [1.29, 1.82) is 0 Å². The summed E-state index contributed by atoms with van der Waals surface area (Å²) < 4.78 is 0. The Morgan fingerprint density at radius 2 is 1.72 bits per heavy atom. The van der Waals surface area contributed by atoms with E-state index in [1.54, 1.807) is 0 Å². The van der Waals surface area contributed by atoms with E-state index in [1.807, 2.05) is 0 Å². The van der Waals surface area contributed by atoms with Gasteiger partial charge in [-0.3, -0.25) is 0 Å². The van der Waals surface area contributed by atoms with E-state index in [-0.39, 0.29) is 23.0 Å². The van der Waals surface area contributed by atoms with Crippen LogP contribution in [0, 0.1) is 42.4 Å². The first kappa shape index (κ1) is 22.7. The Morgan fingerprint density at radius 1 is 1.03 bits per heavy atom. The van der Waals surface area contributed by atoms with Gasteiger partial charge in [0.2, 0.25) is 0 Å². The molecule has 2 aliphatic rings. The molecular weight excluding hydrogens is 354 g/mol. The van der Waals surface area contributed by atoms with Gasteiger partial charge in [-0.15, -0.1) is 0 Å². The molecule has 2 fully saturated rings. The van der Waals surface area contributed by atoms with E-state index < -0.39 is 0 Å². The number of nitrogens with one attached hydrogen (secondary N) is 1. The van der Waals surface area contributed by atoms with Crippen molar-refractivity contribution in [2.24, 2.45) is 28.6 Å². The van der Waals surface area contributed by atoms with Crippen LogP contribution in [-0.4, -0.2) is 17.3 Å². The number of rotatable bonds is 7. The van der Waals surface area contributed by atoms with Crippen LogP contribution in [0.15, 0.2) is 18.2 Å². The second-order valence-electron chi connectivity index (χ2n) is 11.3. The molecular formula is C27H45NO. The summed E-state index contributed by atoms with van der Waals surface area (Å²) in [6.07, 6.45) is 8.48. The van der Waals surface area contributed by atoms with Gasteiger partial charge >= 0.3 is 0 Å². The lowest BCUT2D eigenvalue weighted by atomic mass is 9.53. The van der Waals surface area contributed by atoms with Crippen molar-refractivity contribution in [2.75, 3.05) is 5.32 Å². The molecule has 1 aromatic rings. The van der Waals surface area contributed by atoms with Crippen LogP contribution >= 0.6 is 0 Å². The summed E-state index contributed by atoms with van der Waals surface area (Å²) in [5, 5.41) is 15.3. The molecule has 0 saturated heterocycles. The van der Waals surface area contributed by atoms with E-state index in [4.69, 9.17) is 0 Å². The minimum atomic E-state index is -0.283. The Hall–Kier alpha value is -1.02. The number of hydrogen-bond donors (Lipinski definition) is 2. The largest absolute Gasteiger partial charge is 0.390 e. The fraction of sp³-hybridized carbons (Fsp3) is 0.778. The summed E-state index contributed by atoms with van der Waals surface area (Å²) in [5.41, 5.74) is 4.08. The average molecular weight is 400 g/mol. The van der Waals surface area contributed by atoms with Crippen LogP contribution in [0.1, 0.15) is 90.7 Å². The maximum Gasteiger partial charge on any atom is 0.0799 e. The summed E-state index contributed by atoms with van der Waals surface area (Å²) >= 11 is 0. The van der Waals surface area contributed by atoms with Gasteiger partial charge in [-0.1, -0.05) is 66.0 Å². The number of hydrogen-bond acceptors (Lipinski definition) is 2. The molecule has 2 nitrogen and oxygen atoms in total. The third-order valence-corrected chi connectivity index (χ3v) is 9.18. The number of benzene rings is 1. The highest BCUT2D eigenvalue weighted by molar-refractivity contribution is 5.54. The zero-order valence-corrected chi connectivity index (χ0v) is 20.0. The van der Waals surface area contributed by atoms with Crippen molar-refractivity contribution in [1.82, 2.24) is 0 Å². The summed E-state index contributed by atoms with van der Waals surface area (Å²) in [4.78, 5) is 0. The molecule has 0 aliphatic heterocycles. The quantitative estimate of drug-likeness (QED) is 0.511. The molecule has 2 N–H and O–H groups in total. The van der Waals surface area contributed by atoms with Gasteiger partial charge in [0.1, 0.15) is 0 Å². The van der Waals surface area contributed by atoms with Crippen LogP contribution in [0.3, 0.4) is 0 Å². The fourth-order valence-corrected chi connectivity index (χ4v) is 6.72. The highest BCUT2D eigenvalue weighted by Gasteiger charge is 2.61. The smallest absolute Gasteiger partial charge is 0.0799 e. The van der Waals surface area contributed by atoms with Crippen LogP contribution in [0.5, 0.6) is 0 Å². The van der Waals surface area contributed by atoms with Crippen LogP contribution in [-0.2, 0) is 0 Å². The Labute approximate surface area is 179 Å². The van der Waals surface area contributed by atoms with Crippen molar-refractivity contribution >= 4 is 5.69 Å². The standard InChI is InChI=1S/C27H45NO/c1-18(2)10-8-12-20(4)22-14-16-27(7)25(29)24(15-17-26(22,27)6)28-23-13-9-11-19(3)21(23)5/h9,11,13,18,20,22,24-25,28-29H,8,10,12,14-17H2,1-7H3/t20-,22-,24+,25+,26-,27+/m1/s1. The predicted molar refractivity (Wildman–Crippen MR) is 125 cm³/mol. The van der Waals surface area contributed by atoms with Crippen LogP contribution in [0.4, 0.5) is 5.69 Å². The maximum absolute atomic E-state index is 11.6. The lowest BCUT2D eigenvalue weighted by Crippen LogP contribution is -2.57. The lowest BCUT2D eigenvalue weighted by molar-refractivity contribution is -0.103. The van der Waals surface area contributed by atoms with E-state index in [0.29, 0.717) is 0 Å². The van der Waals surface area contributed by atoms with Crippen LogP contribution in [0.2, 0.25) is 0 Å². The first-order chi connectivity index (χ1) is 13.6. The summed E-state index contributed by atoms with van der Waals surface area (Å²) in [6, 6.07) is 6.61. The summed E-state index contributed by atoms with van der Waals surface area (Å²) in [6.45, 7) is 16.4. The molecule has 29 heavy (non-hydrogen) atoms. The number of fused-ring (bicyclic) bond motifs is 1. The third kappa shape index (κ3) is 4.11. The van der Waals surface area contributed by atoms with Crippen LogP contribution < -0.4 is 5.32 Å². The molecule has 2 aliphatic carbocycles. The molecule has 0 heterocycles. The maximum atomic E-state index is 11.6. The van der Waals surface area contributed by atoms with Crippen molar-refractivity contribution in [3.8, 4) is 0 Å². The van der Waals surface area contributed by atoms with E-state index in [9.17, 15) is 5.11 Å². The molecule has 1 aromatic carbocycles. The second kappa shape index (κ2) is 8.61. The summed E-state index contributed by atoms with van der Waals surface area (Å²) in [5.74, 6) is 2.31. The molecule has 0 aromatic heterocycles. The van der Waals surface area contributed by atoms with Gasteiger partial charge in [-0.05, 0) is 79.9 Å². The minimum absolute atomic E-state index is 0.0115. The van der Waals surface area contributed by atoms with Gasteiger partial charge in [0.15, 0.2) is 0 Å². The zero-order chi connectivity index (χ0) is 21.4. The average Bonchev–Trinajstić information content (AvgIpc) is 2.94. The molecule has 6 atom stereocenters. The Balaban J connectivity index is 1.72. The van der Waals surface area contributed by atoms with E-state index in [2.05, 4.69) is 72.0 Å². The second-order valence-corrected chi connectivity index (χ2v) is 11.3. The molecule has 0 amide bonds. The Morgan fingerprint density at radius 3 is 2.41 bits per heavy atom. The molecule has 2 saturated carbocycles. The Bertz CT molecular complexity index is 698. The van der Waals surface area contributed by atoms with Gasteiger partial charge in [0.05, 0.1) is 12.1 Å². The molecule has 0 spiro atoms. The predicted octanol–water partition coefficient (Wildman–Crippen LogP) is 7.12. The highest BCUT2D eigenvalue weighted by atomic mass is 16.3. The number of aryl methyl sites for hydroxylation is 1. The van der Waals surface area contributed by atoms with E-state index in [0.717, 1.165) is 30.6 Å². The van der Waals surface area contributed by atoms with Crippen molar-refractivity contribution in [3.63, 3.8) is 0 Å². The van der Waals surface area contributed by atoms with Gasteiger partial charge in [0, 0.05) is 11.1 Å². The first-order valence-electron chi connectivity index (χ1n) is 12.1. The van der Waals surface area contributed by atoms with E-state index in [1.165, 1.54) is 48.9 Å². The number of aliphatic hydroxyl groups excluding tert-OH is 1. The van der Waals surface area contributed by atoms with Crippen LogP contribution in [0.25, 0.3) is 0 Å². The van der Waals surface area contributed by atoms with Gasteiger partial charge in [0.25, 0.3) is 0 Å². The molecule has 0 unspecified atom stereocenters. The monoisotopic (exact) mass is 399 g/mol. The fourth-order valence-electron chi connectivity index (χ4n) is 6.72. The zero-order valence-electron chi connectivity index (χ0n) is 20.0. The molecule has 3 rings (SSSR count). The normalized spacial score (nSPS) is 35.6. The number of anilines is 1. The molecule has 2 heteroatoms. The highest BCUT2D eigenvalue weighted by Crippen LogP contribution is 2.65. The lowest BCUT2D eigenvalue weighted by Gasteiger charge is -2.55. The van der Waals surface area contributed by atoms with Crippen molar-refractivity contribution in [3.05, 3.63) is 29.3 Å². The van der Waals surface area contributed by atoms with Gasteiger partial charge in [-0.25, -0.2) is 0 Å².